The Morgan fingerprint density at radius 1 is 1.14 bits per heavy atom. The lowest BCUT2D eigenvalue weighted by Gasteiger charge is -2.32. The molecule has 0 bridgehead atoms. The van der Waals surface area contributed by atoms with Gasteiger partial charge >= 0.3 is 6.09 Å². The van der Waals surface area contributed by atoms with Crippen molar-refractivity contribution in [1.29, 1.82) is 5.26 Å². The maximum atomic E-state index is 16.0. The summed E-state index contributed by atoms with van der Waals surface area (Å²) >= 11 is 0. The van der Waals surface area contributed by atoms with E-state index in [1.54, 1.807) is 45.0 Å². The second kappa shape index (κ2) is 16.0. The molecule has 2 unspecified atom stereocenters. The number of nitrogens with one attached hydrogen (secondary N) is 1. The fraction of sp³-hybridized carbons (Fsp3) is 0.447. The summed E-state index contributed by atoms with van der Waals surface area (Å²) in [5.41, 5.74) is 0.190. The zero-order valence-corrected chi connectivity index (χ0v) is 28.8. The Labute approximate surface area is 291 Å². The van der Waals surface area contributed by atoms with E-state index >= 15 is 13.2 Å². The largest absolute Gasteiger partial charge is 0.444 e. The molecule has 0 aliphatic heterocycles. The van der Waals surface area contributed by atoms with Crippen molar-refractivity contribution in [1.82, 2.24) is 5.32 Å². The second-order valence-corrected chi connectivity index (χ2v) is 13.7. The SMILES string of the molecule is C=C(OC(CC1CCCC(F)(F)CC1)=NC)c1cc2c(cc1F)C(F)(F)CC(NC(=O)OC(C)(C)C)C(=C)C(Cc1ccc(C#N)cc1)=C2.O.[HH]. The van der Waals surface area contributed by atoms with Gasteiger partial charge in [-0.2, -0.15) is 5.26 Å². The fourth-order valence-electron chi connectivity index (χ4n) is 6.06. The van der Waals surface area contributed by atoms with E-state index in [0.29, 0.717) is 24.0 Å². The van der Waals surface area contributed by atoms with Gasteiger partial charge < -0.3 is 20.3 Å². The van der Waals surface area contributed by atoms with Crippen molar-refractivity contribution in [2.75, 3.05) is 7.05 Å². The molecule has 50 heavy (non-hydrogen) atoms. The number of nitriles is 1. The molecule has 272 valence electrons. The highest BCUT2D eigenvalue weighted by molar-refractivity contribution is 5.83. The van der Waals surface area contributed by atoms with Crippen LogP contribution in [0.25, 0.3) is 11.8 Å². The summed E-state index contributed by atoms with van der Waals surface area (Å²) in [6.07, 6.45) is 0.878. The molecule has 7 nitrogen and oxygen atoms in total. The van der Waals surface area contributed by atoms with Crippen LogP contribution in [0.1, 0.15) is 95.0 Å². The van der Waals surface area contributed by atoms with E-state index in [2.05, 4.69) is 29.5 Å². The van der Waals surface area contributed by atoms with E-state index < -0.39 is 47.4 Å². The van der Waals surface area contributed by atoms with Crippen LogP contribution in [-0.4, -0.2) is 42.1 Å². The molecule has 3 N–H and O–H groups in total. The Morgan fingerprint density at radius 2 is 1.82 bits per heavy atom. The summed E-state index contributed by atoms with van der Waals surface area (Å²) in [7, 11) is 1.47. The lowest BCUT2D eigenvalue weighted by molar-refractivity contribution is -0.0215. The van der Waals surface area contributed by atoms with Gasteiger partial charge in [-0.1, -0.05) is 31.4 Å². The summed E-state index contributed by atoms with van der Waals surface area (Å²) in [6, 6.07) is 9.46. The van der Waals surface area contributed by atoms with E-state index in [1.807, 2.05) is 0 Å². The van der Waals surface area contributed by atoms with Crippen LogP contribution in [0.15, 0.2) is 65.7 Å². The topological polar surface area (TPSA) is 115 Å². The van der Waals surface area contributed by atoms with Crippen LogP contribution in [0.4, 0.5) is 26.7 Å². The highest BCUT2D eigenvalue weighted by atomic mass is 19.3. The van der Waals surface area contributed by atoms with Crippen molar-refractivity contribution in [3.8, 4) is 6.07 Å². The molecule has 4 rings (SSSR count). The molecule has 2 aliphatic rings. The van der Waals surface area contributed by atoms with Crippen molar-refractivity contribution in [3.63, 3.8) is 0 Å². The average molecular weight is 704 g/mol. The molecular formula is C38H46F5N3O4. The van der Waals surface area contributed by atoms with Gasteiger partial charge in [0, 0.05) is 39.7 Å². The van der Waals surface area contributed by atoms with E-state index in [4.69, 9.17) is 9.47 Å². The number of amides is 1. The van der Waals surface area contributed by atoms with Crippen LogP contribution in [-0.2, 0) is 21.8 Å². The summed E-state index contributed by atoms with van der Waals surface area (Å²) in [4.78, 5) is 16.9. The van der Waals surface area contributed by atoms with Gasteiger partial charge in [0.2, 0.25) is 5.92 Å². The monoisotopic (exact) mass is 703 g/mol. The number of ether oxygens (including phenoxy) is 2. The molecule has 0 radical (unpaired) electrons. The molecule has 0 aromatic heterocycles. The average Bonchev–Trinajstić information content (AvgIpc) is 3.18. The first kappa shape index (κ1) is 39.9. The van der Waals surface area contributed by atoms with Gasteiger partial charge in [0.05, 0.1) is 23.2 Å². The number of carbonyl (C=O) groups excluding carboxylic acids is 1. The quantitative estimate of drug-likeness (QED) is 0.102. The number of fused-ring (bicyclic) bond motifs is 1. The number of hydrogen-bond acceptors (Lipinski definition) is 5. The third-order valence-corrected chi connectivity index (χ3v) is 8.65. The van der Waals surface area contributed by atoms with Crippen LogP contribution >= 0.6 is 0 Å². The number of alkyl halides is 4. The molecule has 0 heterocycles. The number of aliphatic imine (C=N–C) groups is 1. The number of alkyl carbamates (subject to hydrolysis) is 1. The molecule has 2 aliphatic carbocycles. The van der Waals surface area contributed by atoms with Gasteiger partial charge in [-0.3, -0.25) is 4.99 Å². The first-order valence-electron chi connectivity index (χ1n) is 16.2. The molecule has 2 aromatic rings. The predicted octanol–water partition coefficient (Wildman–Crippen LogP) is 9.31. The standard InChI is InChI=1S/C38H42F5N3O3.H2O.H2/c1-23-28(16-26-9-11-27(22-44)12-10-26)18-29-19-30(24(2)48-34(45-6)17-25-8-7-14-37(40,41)15-13-25)32(39)20-31(29)38(42,43)21-33(23)46-35(47)49-36(3,4)5;;/h9-12,18-20,25,33H,1-2,7-8,13-17,21H2,3-6H3,(H,46,47);1H2;1H. The van der Waals surface area contributed by atoms with Crippen molar-refractivity contribution in [2.24, 2.45) is 10.9 Å². The van der Waals surface area contributed by atoms with Crippen molar-refractivity contribution >= 4 is 23.8 Å². The Hall–Kier alpha value is -4.50. The highest BCUT2D eigenvalue weighted by Gasteiger charge is 2.41. The summed E-state index contributed by atoms with van der Waals surface area (Å²) in [5, 5.41) is 11.7. The van der Waals surface area contributed by atoms with Crippen LogP contribution in [0.2, 0.25) is 0 Å². The van der Waals surface area contributed by atoms with Crippen molar-refractivity contribution in [2.45, 2.75) is 95.6 Å². The minimum absolute atomic E-state index is 0. The van der Waals surface area contributed by atoms with E-state index in [-0.39, 0.29) is 73.3 Å². The zero-order valence-electron chi connectivity index (χ0n) is 28.8. The Bertz CT molecular complexity index is 1690. The highest BCUT2D eigenvalue weighted by Crippen LogP contribution is 2.43. The predicted molar refractivity (Wildman–Crippen MR) is 185 cm³/mol. The molecule has 2 aromatic carbocycles. The third-order valence-electron chi connectivity index (χ3n) is 8.65. The van der Waals surface area contributed by atoms with E-state index in [0.717, 1.165) is 11.6 Å². The van der Waals surface area contributed by atoms with Gasteiger partial charge in [0.1, 0.15) is 17.2 Å². The zero-order chi connectivity index (χ0) is 36.1. The Balaban J connectivity index is 0.00000451. The van der Waals surface area contributed by atoms with Gasteiger partial charge in [-0.05, 0) is 98.9 Å². The van der Waals surface area contributed by atoms with Crippen LogP contribution in [0.3, 0.4) is 0 Å². The maximum Gasteiger partial charge on any atom is 0.408 e. The molecule has 12 heteroatoms. The molecule has 2 atom stereocenters. The minimum atomic E-state index is -3.62. The summed E-state index contributed by atoms with van der Waals surface area (Å²) < 4.78 is 86.7. The van der Waals surface area contributed by atoms with Gasteiger partial charge in [0.25, 0.3) is 5.92 Å². The van der Waals surface area contributed by atoms with Crippen LogP contribution in [0, 0.1) is 23.1 Å². The van der Waals surface area contributed by atoms with Crippen molar-refractivity contribution < 1.29 is 43.1 Å². The summed E-state index contributed by atoms with van der Waals surface area (Å²) in [5.74, 6) is -7.44. The molecule has 0 saturated heterocycles. The number of benzene rings is 2. The van der Waals surface area contributed by atoms with Gasteiger partial charge in [0.15, 0.2) is 5.90 Å². The number of carbonyl (C=O) groups is 1. The van der Waals surface area contributed by atoms with Gasteiger partial charge in [-0.15, -0.1) is 0 Å². The second-order valence-electron chi connectivity index (χ2n) is 13.7. The smallest absolute Gasteiger partial charge is 0.408 e. The minimum Gasteiger partial charge on any atom is -0.444 e. The molecular weight excluding hydrogens is 657 g/mol. The Morgan fingerprint density at radius 3 is 2.44 bits per heavy atom. The van der Waals surface area contributed by atoms with Gasteiger partial charge in [-0.25, -0.2) is 26.7 Å². The number of nitrogens with zero attached hydrogens (tertiary/aromatic N) is 2. The first-order valence-corrected chi connectivity index (χ1v) is 16.2. The number of halogens is 5. The normalized spacial score (nSPS) is 20.4. The lowest BCUT2D eigenvalue weighted by atomic mass is 9.83. The fourth-order valence-corrected chi connectivity index (χ4v) is 6.06. The van der Waals surface area contributed by atoms with Crippen LogP contribution < -0.4 is 5.32 Å². The maximum absolute atomic E-state index is 16.0. The third kappa shape index (κ3) is 10.5. The number of hydrogen-bond donors (Lipinski definition) is 1. The first-order chi connectivity index (χ1) is 22.9. The van der Waals surface area contributed by atoms with Crippen molar-refractivity contribution in [3.05, 3.63) is 94.3 Å². The number of rotatable bonds is 7. The van der Waals surface area contributed by atoms with E-state index in [9.17, 15) is 18.8 Å². The molecule has 1 saturated carbocycles. The Kier molecular flexibility index (Phi) is 12.8. The molecule has 1 amide bonds. The van der Waals surface area contributed by atoms with Crippen LogP contribution in [0.5, 0.6) is 0 Å². The van der Waals surface area contributed by atoms with E-state index in [1.165, 1.54) is 19.2 Å². The molecule has 1 fully saturated rings. The lowest BCUT2D eigenvalue weighted by Crippen LogP contribution is -2.43. The summed E-state index contributed by atoms with van der Waals surface area (Å²) in [6.45, 7) is 12.9. The molecule has 0 spiro atoms.